The molecule has 3 aliphatic heterocycles. The van der Waals surface area contributed by atoms with E-state index in [9.17, 15) is 28.8 Å². The Morgan fingerprint density at radius 2 is 1.95 bits per heavy atom. The number of hydrogen-bond acceptors (Lipinski definition) is 12. The number of thioether (sulfide) groups is 1. The second-order valence-electron chi connectivity index (χ2n) is 9.75. The van der Waals surface area contributed by atoms with Gasteiger partial charge in [0.2, 0.25) is 17.6 Å². The average molecular weight is 566 g/mol. The van der Waals surface area contributed by atoms with Gasteiger partial charge in [-0.3, -0.25) is 19.2 Å². The van der Waals surface area contributed by atoms with E-state index in [0.717, 1.165) is 0 Å². The summed E-state index contributed by atoms with van der Waals surface area (Å²) in [6, 6.07) is -1.66. The van der Waals surface area contributed by atoms with E-state index in [2.05, 4.69) is 5.32 Å². The highest BCUT2D eigenvalue weighted by molar-refractivity contribution is 7.99. The van der Waals surface area contributed by atoms with Crippen molar-refractivity contribution in [3.63, 3.8) is 0 Å². The summed E-state index contributed by atoms with van der Waals surface area (Å²) in [5, 5.41) is 10.7. The molecule has 0 saturated carbocycles. The number of ether oxygens (including phenoxy) is 3. The van der Waals surface area contributed by atoms with E-state index < -0.39 is 53.3 Å². The first-order valence-electron chi connectivity index (χ1n) is 12.3. The molecule has 15 heteroatoms. The number of ketones is 2. The Hall–Kier alpha value is -3.46. The third-order valence-electron chi connectivity index (χ3n) is 7.68. The smallest absolute Gasteiger partial charge is 0.404 e. The molecule has 6 atom stereocenters. The van der Waals surface area contributed by atoms with Crippen LogP contribution in [-0.4, -0.2) is 114 Å². The molecule has 2 fully saturated rings. The molecule has 4 aliphatic rings. The highest BCUT2D eigenvalue weighted by Gasteiger charge is 2.77. The summed E-state index contributed by atoms with van der Waals surface area (Å²) in [6.07, 6.45) is -0.944. The first-order valence-corrected chi connectivity index (χ1v) is 13.5. The van der Waals surface area contributed by atoms with E-state index >= 15 is 0 Å². The van der Waals surface area contributed by atoms with E-state index in [1.807, 2.05) is 0 Å². The molecule has 4 rings (SSSR count). The van der Waals surface area contributed by atoms with Gasteiger partial charge < -0.3 is 40.5 Å². The Kier molecular flexibility index (Phi) is 7.76. The molecule has 212 valence electrons. The van der Waals surface area contributed by atoms with Gasteiger partial charge in [0.25, 0.3) is 0 Å². The average Bonchev–Trinajstić information content (AvgIpc) is 3.40. The van der Waals surface area contributed by atoms with Crippen LogP contribution in [0.15, 0.2) is 11.3 Å². The summed E-state index contributed by atoms with van der Waals surface area (Å²) in [5.74, 6) is -3.45. The van der Waals surface area contributed by atoms with E-state index in [-0.39, 0.29) is 60.2 Å². The second-order valence-corrected chi connectivity index (χ2v) is 10.9. The zero-order chi connectivity index (χ0) is 28.8. The van der Waals surface area contributed by atoms with Crippen molar-refractivity contribution in [2.75, 3.05) is 38.9 Å². The van der Waals surface area contributed by atoms with Crippen LogP contribution >= 0.6 is 11.8 Å². The molecular weight excluding hydrogens is 534 g/mol. The van der Waals surface area contributed by atoms with Crippen molar-refractivity contribution in [3.8, 4) is 0 Å². The fourth-order valence-corrected chi connectivity index (χ4v) is 6.89. The monoisotopic (exact) mass is 565 g/mol. The van der Waals surface area contributed by atoms with Gasteiger partial charge in [-0.05, 0) is 6.92 Å². The first-order chi connectivity index (χ1) is 18.4. The topological polar surface area (TPSA) is 198 Å². The van der Waals surface area contributed by atoms with Crippen molar-refractivity contribution >= 4 is 52.9 Å². The van der Waals surface area contributed by atoms with Crippen LogP contribution < -0.4 is 11.1 Å². The number of esters is 1. The summed E-state index contributed by atoms with van der Waals surface area (Å²) >= 11 is 1.30. The van der Waals surface area contributed by atoms with E-state index in [1.54, 1.807) is 9.80 Å². The normalized spacial score (nSPS) is 29.5. The molecule has 3 heterocycles. The number of primary amides is 1. The van der Waals surface area contributed by atoms with Crippen LogP contribution in [0.25, 0.3) is 0 Å². The van der Waals surface area contributed by atoms with Crippen molar-refractivity contribution in [2.45, 2.75) is 44.1 Å². The lowest BCUT2D eigenvalue weighted by Gasteiger charge is -2.41. The van der Waals surface area contributed by atoms with Gasteiger partial charge in [-0.1, -0.05) is 0 Å². The predicted octanol–water partition coefficient (Wildman–Crippen LogP) is -1.19. The standard InChI is InChI=1S/C24H31N5O9S/c1-10-17(25)20(33)16-12(8-38-23(26)35)24(37-4)21-14(7-28(24)18(16)19(10)32)29(21)15(31)5-6-39-9-13(22(34)36-3)27-11(2)30/h10,12-14,21,25H,5-9H2,1-4H3,(H2,26,35)(H,27,30)/t10?,12-,13?,14+,21+,24-,29?/m1/s1. The fraction of sp³-hybridized carbons (Fsp3) is 0.625. The summed E-state index contributed by atoms with van der Waals surface area (Å²) in [6.45, 7) is 2.66. The number of amides is 3. The quantitative estimate of drug-likeness (QED) is 0.164. The Labute approximate surface area is 228 Å². The number of rotatable bonds is 10. The molecule has 2 saturated heterocycles. The number of nitrogens with one attached hydrogen (secondary N) is 2. The number of carbonyl (C=O) groups is 6. The second kappa shape index (κ2) is 10.6. The Balaban J connectivity index is 1.49. The van der Waals surface area contributed by atoms with Gasteiger partial charge in [-0.25, -0.2) is 9.59 Å². The van der Waals surface area contributed by atoms with Crippen molar-refractivity contribution in [2.24, 2.45) is 17.6 Å². The Morgan fingerprint density at radius 3 is 2.54 bits per heavy atom. The minimum absolute atomic E-state index is 0.0475. The number of hydrogen-bond donors (Lipinski definition) is 3. The Bertz CT molecular complexity index is 1190. The van der Waals surface area contributed by atoms with Crippen LogP contribution in [0.3, 0.4) is 0 Å². The number of allylic oxidation sites excluding steroid dienone is 1. The van der Waals surface area contributed by atoms with Gasteiger partial charge in [0.15, 0.2) is 11.5 Å². The van der Waals surface area contributed by atoms with Crippen molar-refractivity contribution < 1.29 is 43.0 Å². The molecule has 39 heavy (non-hydrogen) atoms. The summed E-state index contributed by atoms with van der Waals surface area (Å²) in [5.41, 5.74) is 3.69. The minimum Gasteiger partial charge on any atom is -0.467 e. The van der Waals surface area contributed by atoms with Crippen LogP contribution in [0.1, 0.15) is 20.3 Å². The summed E-state index contributed by atoms with van der Waals surface area (Å²) < 4.78 is 15.7. The summed E-state index contributed by atoms with van der Waals surface area (Å²) in [7, 11) is 2.63. The Morgan fingerprint density at radius 1 is 1.26 bits per heavy atom. The number of methoxy groups -OCH3 is 2. The molecule has 4 N–H and O–H groups in total. The minimum atomic E-state index is -1.34. The molecular formula is C24H31N5O9S. The van der Waals surface area contributed by atoms with Crippen molar-refractivity contribution in [1.29, 1.82) is 5.41 Å². The molecule has 0 aromatic carbocycles. The lowest BCUT2D eigenvalue weighted by molar-refractivity contribution is -0.153. The third-order valence-corrected chi connectivity index (χ3v) is 8.75. The molecule has 2 unspecified atom stereocenters. The molecule has 1 aliphatic carbocycles. The van der Waals surface area contributed by atoms with Crippen molar-refractivity contribution in [3.05, 3.63) is 11.3 Å². The molecule has 0 spiro atoms. The van der Waals surface area contributed by atoms with Crippen LogP contribution in [0, 0.1) is 17.2 Å². The zero-order valence-electron chi connectivity index (χ0n) is 22.0. The summed E-state index contributed by atoms with van der Waals surface area (Å²) in [4.78, 5) is 77.6. The SMILES string of the molecule is COC(=O)C(CSCCC(=O)N1[C@H]2[C@@H]1CN1C3=C(C(=O)C(=N)C(C)C3=O)[C@@H](COC(N)=O)[C@@]21OC)NC(C)=O. The third kappa shape index (κ3) is 4.56. The van der Waals surface area contributed by atoms with E-state index in [1.165, 1.54) is 39.8 Å². The maximum Gasteiger partial charge on any atom is 0.404 e. The molecule has 14 nitrogen and oxygen atoms in total. The molecule has 0 radical (unpaired) electrons. The highest BCUT2D eigenvalue weighted by atomic mass is 32.2. The van der Waals surface area contributed by atoms with Gasteiger partial charge in [-0.2, -0.15) is 11.8 Å². The van der Waals surface area contributed by atoms with Crippen molar-refractivity contribution in [1.82, 2.24) is 15.1 Å². The van der Waals surface area contributed by atoms with Gasteiger partial charge >= 0.3 is 12.1 Å². The van der Waals surface area contributed by atoms with Gasteiger partial charge in [-0.15, -0.1) is 0 Å². The van der Waals surface area contributed by atoms with E-state index in [0.29, 0.717) is 5.75 Å². The molecule has 0 aromatic rings. The largest absolute Gasteiger partial charge is 0.467 e. The number of fused-ring (bicyclic) bond motifs is 4. The lowest BCUT2D eigenvalue weighted by atomic mass is 9.79. The molecule has 0 bridgehead atoms. The van der Waals surface area contributed by atoms with Gasteiger partial charge in [0.05, 0.1) is 36.4 Å². The number of nitrogens with zero attached hydrogens (tertiary/aromatic N) is 2. The predicted molar refractivity (Wildman–Crippen MR) is 135 cm³/mol. The van der Waals surface area contributed by atoms with Crippen LogP contribution in [-0.2, 0) is 38.2 Å². The number of Topliss-reactive ketones (excluding diaryl/α,β-unsaturated/α-hetero) is 2. The van der Waals surface area contributed by atoms with Crippen LogP contribution in [0.2, 0.25) is 0 Å². The number of nitrogens with two attached hydrogens (primary N) is 1. The number of carbonyl (C=O) groups excluding carboxylic acids is 6. The fourth-order valence-electron chi connectivity index (χ4n) is 5.95. The maximum absolute atomic E-state index is 13.2. The van der Waals surface area contributed by atoms with Gasteiger partial charge in [0.1, 0.15) is 18.7 Å². The molecule has 0 aromatic heterocycles. The number of piperazine rings is 1. The van der Waals surface area contributed by atoms with Crippen LogP contribution in [0.5, 0.6) is 0 Å². The highest BCUT2D eigenvalue weighted by Crippen LogP contribution is 2.59. The lowest BCUT2D eigenvalue weighted by Crippen LogP contribution is -2.56. The zero-order valence-corrected chi connectivity index (χ0v) is 22.8. The maximum atomic E-state index is 13.2. The van der Waals surface area contributed by atoms with Gasteiger partial charge in [0, 0.05) is 44.1 Å². The van der Waals surface area contributed by atoms with Crippen LogP contribution in [0.4, 0.5) is 4.79 Å². The van der Waals surface area contributed by atoms with E-state index in [4.69, 9.17) is 25.4 Å². The molecule has 3 amide bonds. The first kappa shape index (κ1) is 28.5.